The van der Waals surface area contributed by atoms with E-state index in [1.54, 1.807) is 0 Å². The zero-order valence-electron chi connectivity index (χ0n) is 12.8. The Hall–Kier alpha value is -2.59. The Morgan fingerprint density at radius 1 is 1.00 bits per heavy atom. The lowest BCUT2D eigenvalue weighted by molar-refractivity contribution is 0.436. The minimum Gasteiger partial charge on any atom is -0.438 e. The van der Waals surface area contributed by atoms with Crippen LogP contribution in [0.1, 0.15) is 16.8 Å². The second kappa shape index (κ2) is 6.03. The van der Waals surface area contributed by atoms with Crippen LogP contribution in [-0.2, 0) is 6.54 Å². The number of hydrogen-bond acceptors (Lipinski definition) is 3. The molecule has 0 atom stereocenters. The predicted molar refractivity (Wildman–Crippen MR) is 87.4 cm³/mol. The van der Waals surface area contributed by atoms with Gasteiger partial charge in [-0.3, -0.25) is 0 Å². The minimum absolute atomic E-state index is 0.389. The first-order valence-electron chi connectivity index (χ1n) is 7.28. The number of nitrogens with two attached hydrogens (primary N) is 1. The number of para-hydroxylation sites is 2. The summed E-state index contributed by atoms with van der Waals surface area (Å²) in [5.41, 5.74) is 9.73. The minimum atomic E-state index is 0.389. The number of aryl methyl sites for hydroxylation is 2. The smallest absolute Gasteiger partial charge is 0.227 e. The quantitative estimate of drug-likeness (QED) is 0.797. The summed E-state index contributed by atoms with van der Waals surface area (Å²) in [6.45, 7) is 4.36. The summed E-state index contributed by atoms with van der Waals surface area (Å²) in [6.07, 6.45) is 0. The van der Waals surface area contributed by atoms with E-state index in [0.717, 1.165) is 28.3 Å². The van der Waals surface area contributed by atoms with Crippen molar-refractivity contribution in [1.29, 1.82) is 0 Å². The summed E-state index contributed by atoms with van der Waals surface area (Å²) in [5.74, 6) is 1.50. The molecule has 2 N–H and O–H groups in total. The Morgan fingerprint density at radius 2 is 1.68 bits per heavy atom. The van der Waals surface area contributed by atoms with Crippen LogP contribution in [0.3, 0.4) is 0 Å². The van der Waals surface area contributed by atoms with Gasteiger partial charge in [-0.15, -0.1) is 0 Å². The van der Waals surface area contributed by atoms with E-state index in [-0.39, 0.29) is 0 Å². The van der Waals surface area contributed by atoms with E-state index in [4.69, 9.17) is 10.5 Å². The summed E-state index contributed by atoms with van der Waals surface area (Å²) >= 11 is 0. The molecule has 0 fully saturated rings. The van der Waals surface area contributed by atoms with Crippen molar-refractivity contribution in [3.63, 3.8) is 0 Å². The van der Waals surface area contributed by atoms with E-state index in [9.17, 15) is 0 Å². The molecule has 0 aliphatic carbocycles. The molecule has 0 bridgehead atoms. The van der Waals surface area contributed by atoms with Gasteiger partial charge in [0, 0.05) is 6.54 Å². The average molecular weight is 293 g/mol. The van der Waals surface area contributed by atoms with Crippen molar-refractivity contribution < 1.29 is 4.74 Å². The molecule has 0 aliphatic rings. The van der Waals surface area contributed by atoms with Gasteiger partial charge >= 0.3 is 0 Å². The van der Waals surface area contributed by atoms with Crippen LogP contribution in [0.5, 0.6) is 11.6 Å². The van der Waals surface area contributed by atoms with Gasteiger partial charge in [-0.05, 0) is 37.6 Å². The van der Waals surface area contributed by atoms with Crippen LogP contribution in [-0.4, -0.2) is 9.78 Å². The number of rotatable bonds is 4. The van der Waals surface area contributed by atoms with Crippen LogP contribution in [0.15, 0.2) is 54.6 Å². The van der Waals surface area contributed by atoms with Gasteiger partial charge in [-0.25, -0.2) is 4.68 Å². The third kappa shape index (κ3) is 2.61. The molecular formula is C18H19N3O. The molecule has 112 valence electrons. The van der Waals surface area contributed by atoms with E-state index in [2.05, 4.69) is 5.10 Å². The van der Waals surface area contributed by atoms with Crippen LogP contribution in [0.2, 0.25) is 0 Å². The molecule has 0 amide bonds. The third-order valence-corrected chi connectivity index (χ3v) is 3.64. The topological polar surface area (TPSA) is 53.1 Å². The fourth-order valence-electron chi connectivity index (χ4n) is 2.40. The van der Waals surface area contributed by atoms with Crippen LogP contribution < -0.4 is 10.5 Å². The molecule has 0 unspecified atom stereocenters. The van der Waals surface area contributed by atoms with E-state index in [0.29, 0.717) is 12.4 Å². The van der Waals surface area contributed by atoms with Crippen LogP contribution >= 0.6 is 0 Å². The molecule has 2 aromatic carbocycles. The van der Waals surface area contributed by atoms with Gasteiger partial charge in [0.2, 0.25) is 5.88 Å². The van der Waals surface area contributed by atoms with Gasteiger partial charge in [0.1, 0.15) is 5.75 Å². The maximum atomic E-state index is 6.16. The van der Waals surface area contributed by atoms with Gasteiger partial charge in [-0.1, -0.05) is 36.4 Å². The van der Waals surface area contributed by atoms with Crippen molar-refractivity contribution in [1.82, 2.24) is 9.78 Å². The molecule has 3 aromatic rings. The molecule has 0 saturated heterocycles. The SMILES string of the molecule is Cc1ccccc1Oc1c(CN)c(C)nn1-c1ccccc1. The predicted octanol–water partition coefficient (Wildman–Crippen LogP) is 3.74. The van der Waals surface area contributed by atoms with Crippen molar-refractivity contribution >= 4 is 0 Å². The Bertz CT molecular complexity index is 778. The first kappa shape index (κ1) is 14.4. The van der Waals surface area contributed by atoms with Crippen LogP contribution in [0.4, 0.5) is 0 Å². The van der Waals surface area contributed by atoms with Crippen LogP contribution in [0, 0.1) is 13.8 Å². The van der Waals surface area contributed by atoms with Gasteiger partial charge in [0.15, 0.2) is 0 Å². The molecule has 0 aliphatic heterocycles. The molecule has 0 saturated carbocycles. The Balaban J connectivity index is 2.11. The second-order valence-electron chi connectivity index (χ2n) is 5.19. The van der Waals surface area contributed by atoms with E-state index >= 15 is 0 Å². The highest BCUT2D eigenvalue weighted by atomic mass is 16.5. The summed E-state index contributed by atoms with van der Waals surface area (Å²) in [7, 11) is 0. The molecule has 4 heteroatoms. The van der Waals surface area contributed by atoms with E-state index < -0.39 is 0 Å². The van der Waals surface area contributed by atoms with Crippen molar-refractivity contribution in [3.8, 4) is 17.3 Å². The maximum Gasteiger partial charge on any atom is 0.227 e. The van der Waals surface area contributed by atoms with Gasteiger partial charge in [0.05, 0.1) is 16.9 Å². The summed E-state index contributed by atoms with van der Waals surface area (Å²) in [6, 6.07) is 17.9. The average Bonchev–Trinajstić information content (AvgIpc) is 2.86. The third-order valence-electron chi connectivity index (χ3n) is 3.64. The zero-order valence-corrected chi connectivity index (χ0v) is 12.8. The molecule has 1 aromatic heterocycles. The molecule has 3 rings (SSSR count). The Morgan fingerprint density at radius 3 is 2.36 bits per heavy atom. The standard InChI is InChI=1S/C18H19N3O/c1-13-8-6-7-11-17(13)22-18-16(12-19)14(2)20-21(18)15-9-4-3-5-10-15/h3-11H,12,19H2,1-2H3. The first-order valence-corrected chi connectivity index (χ1v) is 7.28. The Labute approximate surface area is 130 Å². The zero-order chi connectivity index (χ0) is 15.5. The highest BCUT2D eigenvalue weighted by Crippen LogP contribution is 2.31. The molecule has 0 spiro atoms. The summed E-state index contributed by atoms with van der Waals surface area (Å²) < 4.78 is 7.97. The lowest BCUT2D eigenvalue weighted by atomic mass is 10.2. The second-order valence-corrected chi connectivity index (χ2v) is 5.19. The molecular weight excluding hydrogens is 274 g/mol. The Kier molecular flexibility index (Phi) is 3.94. The lowest BCUT2D eigenvalue weighted by Gasteiger charge is -2.12. The first-order chi connectivity index (χ1) is 10.7. The highest BCUT2D eigenvalue weighted by Gasteiger charge is 2.18. The number of aromatic nitrogens is 2. The molecule has 0 radical (unpaired) electrons. The van der Waals surface area contributed by atoms with Gasteiger partial charge in [0.25, 0.3) is 0 Å². The molecule has 22 heavy (non-hydrogen) atoms. The highest BCUT2D eigenvalue weighted by molar-refractivity contribution is 5.44. The molecule has 4 nitrogen and oxygen atoms in total. The van der Waals surface area contributed by atoms with Gasteiger partial charge < -0.3 is 10.5 Å². The molecule has 1 heterocycles. The largest absolute Gasteiger partial charge is 0.438 e. The summed E-state index contributed by atoms with van der Waals surface area (Å²) in [4.78, 5) is 0. The van der Waals surface area contributed by atoms with Crippen molar-refractivity contribution in [2.75, 3.05) is 0 Å². The number of hydrogen-bond donors (Lipinski definition) is 1. The summed E-state index contributed by atoms with van der Waals surface area (Å²) in [5, 5.41) is 4.59. The number of benzene rings is 2. The van der Waals surface area contributed by atoms with Crippen LogP contribution in [0.25, 0.3) is 5.69 Å². The monoisotopic (exact) mass is 293 g/mol. The lowest BCUT2D eigenvalue weighted by Crippen LogP contribution is -2.03. The fourth-order valence-corrected chi connectivity index (χ4v) is 2.40. The number of ether oxygens (including phenoxy) is 1. The van der Waals surface area contributed by atoms with Gasteiger partial charge in [-0.2, -0.15) is 5.10 Å². The normalized spacial score (nSPS) is 10.7. The number of nitrogens with zero attached hydrogens (tertiary/aromatic N) is 2. The van der Waals surface area contributed by atoms with Crippen molar-refractivity contribution in [3.05, 3.63) is 71.4 Å². The van der Waals surface area contributed by atoms with E-state index in [1.165, 1.54) is 0 Å². The fraction of sp³-hybridized carbons (Fsp3) is 0.167. The van der Waals surface area contributed by atoms with E-state index in [1.807, 2.05) is 73.1 Å². The van der Waals surface area contributed by atoms with Crippen molar-refractivity contribution in [2.45, 2.75) is 20.4 Å². The van der Waals surface area contributed by atoms with Crippen molar-refractivity contribution in [2.24, 2.45) is 5.73 Å². The maximum absolute atomic E-state index is 6.16.